The molecular formula is C21H24Cl2N2O3. The topological polar surface area (TPSA) is 58.6 Å². The highest BCUT2D eigenvalue weighted by molar-refractivity contribution is 6.31. The fourth-order valence-electron chi connectivity index (χ4n) is 2.57. The van der Waals surface area contributed by atoms with Crippen LogP contribution in [-0.2, 0) is 16.1 Å². The van der Waals surface area contributed by atoms with Gasteiger partial charge in [-0.25, -0.2) is 0 Å². The Morgan fingerprint density at radius 2 is 1.89 bits per heavy atom. The number of hydrogen-bond acceptors (Lipinski definition) is 3. The van der Waals surface area contributed by atoms with E-state index in [-0.39, 0.29) is 25.0 Å². The first-order valence-electron chi connectivity index (χ1n) is 9.11. The number of amides is 2. The van der Waals surface area contributed by atoms with E-state index in [0.29, 0.717) is 22.3 Å². The predicted octanol–water partition coefficient (Wildman–Crippen LogP) is 4.32. The molecule has 150 valence electrons. The Kier molecular flexibility index (Phi) is 8.61. The van der Waals surface area contributed by atoms with E-state index in [0.717, 1.165) is 12.0 Å². The Labute approximate surface area is 175 Å². The van der Waals surface area contributed by atoms with Crippen molar-refractivity contribution in [3.63, 3.8) is 0 Å². The standard InChI is InChI=1S/C21H24Cl2N2O3/c1-3-11-24-21(27)15(2)25(13-16-7-4-5-10-19(16)23)20(26)14-28-18-9-6-8-17(22)12-18/h4-10,12,15H,3,11,13-14H2,1-2H3,(H,24,27). The maximum Gasteiger partial charge on any atom is 0.261 e. The van der Waals surface area contributed by atoms with Gasteiger partial charge >= 0.3 is 0 Å². The lowest BCUT2D eigenvalue weighted by molar-refractivity contribution is -0.142. The van der Waals surface area contributed by atoms with Crippen LogP contribution in [0.1, 0.15) is 25.8 Å². The molecule has 0 bridgehead atoms. The molecule has 1 unspecified atom stereocenters. The third-order valence-electron chi connectivity index (χ3n) is 4.17. The summed E-state index contributed by atoms with van der Waals surface area (Å²) in [6.07, 6.45) is 0.814. The lowest BCUT2D eigenvalue weighted by Gasteiger charge is -2.29. The first-order chi connectivity index (χ1) is 13.4. The summed E-state index contributed by atoms with van der Waals surface area (Å²) in [7, 11) is 0. The van der Waals surface area contributed by atoms with Gasteiger partial charge in [-0.2, -0.15) is 0 Å². The van der Waals surface area contributed by atoms with Crippen LogP contribution in [0.5, 0.6) is 5.75 Å². The Balaban J connectivity index is 2.14. The number of rotatable bonds is 9. The molecular weight excluding hydrogens is 399 g/mol. The van der Waals surface area contributed by atoms with Crippen molar-refractivity contribution >= 4 is 35.0 Å². The van der Waals surface area contributed by atoms with Gasteiger partial charge < -0.3 is 15.0 Å². The molecule has 2 aromatic carbocycles. The van der Waals surface area contributed by atoms with Gasteiger partial charge in [-0.05, 0) is 43.2 Å². The van der Waals surface area contributed by atoms with Gasteiger partial charge in [0.15, 0.2) is 6.61 Å². The molecule has 28 heavy (non-hydrogen) atoms. The van der Waals surface area contributed by atoms with Gasteiger partial charge in [0.25, 0.3) is 5.91 Å². The van der Waals surface area contributed by atoms with Gasteiger partial charge in [-0.3, -0.25) is 9.59 Å². The first kappa shape index (κ1) is 22.1. The number of benzene rings is 2. The maximum atomic E-state index is 12.9. The number of carbonyl (C=O) groups excluding carboxylic acids is 2. The van der Waals surface area contributed by atoms with Gasteiger partial charge in [-0.1, -0.05) is 54.4 Å². The van der Waals surface area contributed by atoms with Crippen molar-refractivity contribution in [2.75, 3.05) is 13.2 Å². The minimum atomic E-state index is -0.668. The van der Waals surface area contributed by atoms with E-state index >= 15 is 0 Å². The van der Waals surface area contributed by atoms with Crippen LogP contribution in [0.4, 0.5) is 0 Å². The van der Waals surface area contributed by atoms with Crippen LogP contribution in [0, 0.1) is 0 Å². The lowest BCUT2D eigenvalue weighted by Crippen LogP contribution is -2.49. The fraction of sp³-hybridized carbons (Fsp3) is 0.333. The molecule has 0 spiro atoms. The number of halogens is 2. The second-order valence-corrected chi connectivity index (χ2v) is 7.17. The highest BCUT2D eigenvalue weighted by Crippen LogP contribution is 2.20. The van der Waals surface area contributed by atoms with Crippen molar-refractivity contribution in [2.24, 2.45) is 0 Å². The van der Waals surface area contributed by atoms with E-state index in [1.165, 1.54) is 4.90 Å². The molecule has 0 saturated heterocycles. The molecule has 1 atom stereocenters. The minimum Gasteiger partial charge on any atom is -0.484 e. The maximum absolute atomic E-state index is 12.9. The van der Waals surface area contributed by atoms with Crippen molar-refractivity contribution < 1.29 is 14.3 Å². The normalized spacial score (nSPS) is 11.6. The quantitative estimate of drug-likeness (QED) is 0.654. The summed E-state index contributed by atoms with van der Waals surface area (Å²) >= 11 is 12.2. The van der Waals surface area contributed by atoms with E-state index in [2.05, 4.69) is 5.32 Å². The second-order valence-electron chi connectivity index (χ2n) is 6.33. The van der Waals surface area contributed by atoms with E-state index in [1.54, 1.807) is 37.3 Å². The zero-order chi connectivity index (χ0) is 20.5. The van der Waals surface area contributed by atoms with Crippen LogP contribution in [0.3, 0.4) is 0 Å². The molecule has 5 nitrogen and oxygen atoms in total. The van der Waals surface area contributed by atoms with Crippen LogP contribution in [-0.4, -0.2) is 35.9 Å². The van der Waals surface area contributed by atoms with Crippen molar-refractivity contribution in [1.82, 2.24) is 10.2 Å². The Hall–Kier alpha value is -2.24. The zero-order valence-corrected chi connectivity index (χ0v) is 17.5. The molecule has 0 fully saturated rings. The monoisotopic (exact) mass is 422 g/mol. The van der Waals surface area contributed by atoms with Crippen LogP contribution in [0.15, 0.2) is 48.5 Å². The largest absolute Gasteiger partial charge is 0.484 e. The van der Waals surface area contributed by atoms with Crippen molar-refractivity contribution in [2.45, 2.75) is 32.9 Å². The Morgan fingerprint density at radius 1 is 1.14 bits per heavy atom. The smallest absolute Gasteiger partial charge is 0.261 e. The number of ether oxygens (including phenoxy) is 1. The Bertz CT molecular complexity index is 814. The SMILES string of the molecule is CCCNC(=O)C(C)N(Cc1ccccc1Cl)C(=O)COc1cccc(Cl)c1. The van der Waals surface area contributed by atoms with Gasteiger partial charge in [0.2, 0.25) is 5.91 Å². The lowest BCUT2D eigenvalue weighted by atomic mass is 10.1. The van der Waals surface area contributed by atoms with E-state index in [1.807, 2.05) is 25.1 Å². The third kappa shape index (κ3) is 6.43. The Morgan fingerprint density at radius 3 is 2.57 bits per heavy atom. The molecule has 0 aliphatic heterocycles. The van der Waals surface area contributed by atoms with Crippen LogP contribution in [0.2, 0.25) is 10.0 Å². The van der Waals surface area contributed by atoms with Crippen molar-refractivity contribution in [3.8, 4) is 5.75 Å². The van der Waals surface area contributed by atoms with Gasteiger partial charge in [-0.15, -0.1) is 0 Å². The van der Waals surface area contributed by atoms with Gasteiger partial charge in [0.1, 0.15) is 11.8 Å². The summed E-state index contributed by atoms with van der Waals surface area (Å²) in [5.41, 5.74) is 0.760. The van der Waals surface area contributed by atoms with Crippen LogP contribution in [0.25, 0.3) is 0 Å². The zero-order valence-electron chi connectivity index (χ0n) is 16.0. The van der Waals surface area contributed by atoms with Crippen LogP contribution >= 0.6 is 23.2 Å². The van der Waals surface area contributed by atoms with E-state index in [4.69, 9.17) is 27.9 Å². The third-order valence-corrected chi connectivity index (χ3v) is 4.78. The predicted molar refractivity (Wildman–Crippen MR) is 112 cm³/mol. The molecule has 0 aliphatic rings. The van der Waals surface area contributed by atoms with Crippen molar-refractivity contribution in [1.29, 1.82) is 0 Å². The van der Waals surface area contributed by atoms with E-state index in [9.17, 15) is 9.59 Å². The molecule has 0 aliphatic carbocycles. The average molecular weight is 423 g/mol. The van der Waals surface area contributed by atoms with Crippen molar-refractivity contribution in [3.05, 3.63) is 64.1 Å². The first-order valence-corrected chi connectivity index (χ1v) is 9.87. The highest BCUT2D eigenvalue weighted by Gasteiger charge is 2.26. The highest BCUT2D eigenvalue weighted by atomic mass is 35.5. The molecule has 2 amide bonds. The molecule has 1 N–H and O–H groups in total. The van der Waals surface area contributed by atoms with E-state index < -0.39 is 6.04 Å². The molecule has 0 aromatic heterocycles. The number of carbonyl (C=O) groups is 2. The summed E-state index contributed by atoms with van der Waals surface area (Å²) in [6, 6.07) is 13.4. The molecule has 0 radical (unpaired) electrons. The van der Waals surface area contributed by atoms with Gasteiger partial charge in [0.05, 0.1) is 0 Å². The summed E-state index contributed by atoms with van der Waals surface area (Å²) < 4.78 is 5.57. The summed E-state index contributed by atoms with van der Waals surface area (Å²) in [5.74, 6) is -0.0503. The molecule has 2 aromatic rings. The molecule has 0 saturated carbocycles. The molecule has 0 heterocycles. The average Bonchev–Trinajstić information content (AvgIpc) is 2.69. The number of nitrogens with one attached hydrogen (secondary N) is 1. The van der Waals surface area contributed by atoms with Crippen LogP contribution < -0.4 is 10.1 Å². The number of hydrogen-bond donors (Lipinski definition) is 1. The molecule has 2 rings (SSSR count). The van der Waals surface area contributed by atoms with Gasteiger partial charge in [0, 0.05) is 23.1 Å². The summed E-state index contributed by atoms with van der Waals surface area (Å²) in [6.45, 7) is 4.21. The summed E-state index contributed by atoms with van der Waals surface area (Å²) in [5, 5.41) is 3.88. The molecule has 7 heteroatoms. The fourth-order valence-corrected chi connectivity index (χ4v) is 2.95. The number of nitrogens with zero attached hydrogens (tertiary/aromatic N) is 1. The minimum absolute atomic E-state index is 0.206. The summed E-state index contributed by atoms with van der Waals surface area (Å²) in [4.78, 5) is 26.8. The second kappa shape index (κ2) is 10.9.